The van der Waals surface area contributed by atoms with E-state index < -0.39 is 5.82 Å². The Labute approximate surface area is 104 Å². The molecule has 0 aliphatic rings. The van der Waals surface area contributed by atoms with E-state index >= 15 is 0 Å². The van der Waals surface area contributed by atoms with E-state index in [1.165, 1.54) is 6.20 Å². The number of hydrogen-bond donors (Lipinski definition) is 2. The first-order valence-electron chi connectivity index (χ1n) is 5.29. The van der Waals surface area contributed by atoms with Gasteiger partial charge in [-0.15, -0.1) is 0 Å². The van der Waals surface area contributed by atoms with Gasteiger partial charge in [-0.2, -0.15) is 5.10 Å². The molecule has 0 amide bonds. The molecule has 2 aromatic rings. The molecule has 0 spiro atoms. The maximum Gasteiger partial charge on any atom is 0.149 e. The molecule has 90 valence electrons. The largest absolute Gasteiger partial charge is 0.384 e. The van der Waals surface area contributed by atoms with E-state index in [0.29, 0.717) is 16.9 Å². The van der Waals surface area contributed by atoms with Crippen molar-refractivity contribution in [3.05, 3.63) is 34.7 Å². The van der Waals surface area contributed by atoms with Crippen LogP contribution < -0.4 is 5.73 Å². The lowest BCUT2D eigenvalue weighted by molar-refractivity contribution is 0.630. The number of nitrogens with zero attached hydrogens (tertiary/aromatic N) is 1. The van der Waals surface area contributed by atoms with Gasteiger partial charge in [-0.05, 0) is 23.6 Å². The lowest BCUT2D eigenvalue weighted by Crippen LogP contribution is -1.95. The highest BCUT2D eigenvalue weighted by Crippen LogP contribution is 2.33. The maximum absolute atomic E-state index is 14.0. The fourth-order valence-corrected chi connectivity index (χ4v) is 1.88. The minimum absolute atomic E-state index is 0.104. The van der Waals surface area contributed by atoms with Gasteiger partial charge in [-0.25, -0.2) is 4.39 Å². The molecule has 3 nitrogen and oxygen atoms in total. The van der Waals surface area contributed by atoms with Gasteiger partial charge >= 0.3 is 0 Å². The fraction of sp³-hybridized carbons (Fsp3) is 0.250. The summed E-state index contributed by atoms with van der Waals surface area (Å²) in [6, 6.07) is 3.40. The number of benzene rings is 1. The van der Waals surface area contributed by atoms with Gasteiger partial charge in [0.25, 0.3) is 0 Å². The van der Waals surface area contributed by atoms with Crippen molar-refractivity contribution in [2.75, 3.05) is 5.73 Å². The first-order chi connectivity index (χ1) is 8.00. The van der Waals surface area contributed by atoms with Gasteiger partial charge in [0.15, 0.2) is 0 Å². The number of nitrogens with one attached hydrogen (secondary N) is 1. The Morgan fingerprint density at radius 3 is 2.59 bits per heavy atom. The van der Waals surface area contributed by atoms with Gasteiger partial charge in [0.1, 0.15) is 11.6 Å². The average molecular weight is 254 g/mol. The van der Waals surface area contributed by atoms with Crippen LogP contribution in [0.2, 0.25) is 5.02 Å². The summed E-state index contributed by atoms with van der Waals surface area (Å²) in [5.41, 5.74) is 7.57. The summed E-state index contributed by atoms with van der Waals surface area (Å²) in [4.78, 5) is 0. The van der Waals surface area contributed by atoms with Gasteiger partial charge in [0.2, 0.25) is 0 Å². The third kappa shape index (κ3) is 2.13. The monoisotopic (exact) mass is 253 g/mol. The first kappa shape index (κ1) is 11.9. The summed E-state index contributed by atoms with van der Waals surface area (Å²) in [7, 11) is 0. The summed E-state index contributed by atoms with van der Waals surface area (Å²) < 4.78 is 14.0. The van der Waals surface area contributed by atoms with E-state index in [-0.39, 0.29) is 10.9 Å². The van der Waals surface area contributed by atoms with Gasteiger partial charge in [-0.1, -0.05) is 25.4 Å². The minimum atomic E-state index is -0.468. The topological polar surface area (TPSA) is 54.7 Å². The lowest BCUT2D eigenvalue weighted by Gasteiger charge is -2.10. The zero-order valence-electron chi connectivity index (χ0n) is 9.59. The van der Waals surface area contributed by atoms with Crippen LogP contribution in [0.3, 0.4) is 0 Å². The second kappa shape index (κ2) is 4.37. The minimum Gasteiger partial charge on any atom is -0.384 e. The number of aromatic amines is 1. The molecule has 1 aromatic carbocycles. The number of anilines is 1. The van der Waals surface area contributed by atoms with E-state index in [9.17, 15) is 4.39 Å². The highest BCUT2D eigenvalue weighted by molar-refractivity contribution is 6.31. The van der Waals surface area contributed by atoms with Gasteiger partial charge in [0, 0.05) is 11.1 Å². The van der Waals surface area contributed by atoms with Gasteiger partial charge in [-0.3, -0.25) is 5.10 Å². The lowest BCUT2D eigenvalue weighted by atomic mass is 9.98. The number of halogens is 2. The molecule has 0 bridgehead atoms. The number of nitrogens with two attached hydrogens (primary N) is 1. The first-order valence-corrected chi connectivity index (χ1v) is 5.66. The molecule has 0 unspecified atom stereocenters. The number of rotatable bonds is 2. The van der Waals surface area contributed by atoms with Crippen LogP contribution in [0.25, 0.3) is 11.1 Å². The molecule has 0 radical (unpaired) electrons. The molecule has 1 aromatic heterocycles. The molecule has 0 atom stereocenters. The van der Waals surface area contributed by atoms with Crippen LogP contribution >= 0.6 is 11.6 Å². The molecule has 2 rings (SSSR count). The van der Waals surface area contributed by atoms with Crippen LogP contribution in [0.15, 0.2) is 18.3 Å². The van der Waals surface area contributed by atoms with E-state index in [0.717, 1.165) is 5.56 Å². The van der Waals surface area contributed by atoms with Crippen LogP contribution in [0, 0.1) is 5.82 Å². The Bertz CT molecular complexity index is 549. The van der Waals surface area contributed by atoms with Crippen molar-refractivity contribution in [3.8, 4) is 11.1 Å². The highest BCUT2D eigenvalue weighted by Gasteiger charge is 2.15. The van der Waals surface area contributed by atoms with Crippen molar-refractivity contribution in [3.63, 3.8) is 0 Å². The molecule has 0 saturated carbocycles. The van der Waals surface area contributed by atoms with Crippen molar-refractivity contribution >= 4 is 17.4 Å². The summed E-state index contributed by atoms with van der Waals surface area (Å²) in [5, 5.41) is 6.47. The highest BCUT2D eigenvalue weighted by atomic mass is 35.5. The molecule has 0 aliphatic carbocycles. The van der Waals surface area contributed by atoms with E-state index in [1.807, 2.05) is 13.8 Å². The molecular formula is C12H13ClFN3. The third-order valence-corrected chi connectivity index (χ3v) is 2.95. The number of hydrogen-bond acceptors (Lipinski definition) is 2. The number of H-pyrrole nitrogens is 1. The van der Waals surface area contributed by atoms with E-state index in [2.05, 4.69) is 10.2 Å². The summed E-state index contributed by atoms with van der Waals surface area (Å²) >= 11 is 5.89. The third-order valence-electron chi connectivity index (χ3n) is 2.68. The molecular weight excluding hydrogens is 241 g/mol. The second-order valence-corrected chi connectivity index (χ2v) is 4.62. The van der Waals surface area contributed by atoms with E-state index in [1.54, 1.807) is 12.1 Å². The quantitative estimate of drug-likeness (QED) is 0.860. The standard InChI is InChI=1S/C12H13ClFN3/c1-6(2)7-3-8(11(14)10(13)4-7)9-5-16-17-12(9)15/h3-6H,1-2H3,(H3,15,16,17). The zero-order chi connectivity index (χ0) is 12.6. The molecule has 17 heavy (non-hydrogen) atoms. The molecule has 1 heterocycles. The van der Waals surface area contributed by atoms with Crippen molar-refractivity contribution in [2.45, 2.75) is 19.8 Å². The van der Waals surface area contributed by atoms with Crippen LogP contribution in [0.5, 0.6) is 0 Å². The number of nitrogen functional groups attached to an aromatic ring is 1. The van der Waals surface area contributed by atoms with Crippen molar-refractivity contribution in [1.82, 2.24) is 10.2 Å². The van der Waals surface area contributed by atoms with Crippen LogP contribution in [0.1, 0.15) is 25.3 Å². The summed E-state index contributed by atoms with van der Waals surface area (Å²) in [6.45, 7) is 4.04. The predicted octanol–water partition coefficient (Wildman–Crippen LogP) is 3.57. The molecule has 3 N–H and O–H groups in total. The Morgan fingerprint density at radius 2 is 2.06 bits per heavy atom. The van der Waals surface area contributed by atoms with Gasteiger partial charge < -0.3 is 5.73 Å². The predicted molar refractivity (Wildman–Crippen MR) is 67.5 cm³/mol. The Hall–Kier alpha value is -1.55. The molecule has 0 fully saturated rings. The van der Waals surface area contributed by atoms with Gasteiger partial charge in [0.05, 0.1) is 11.2 Å². The van der Waals surface area contributed by atoms with Crippen LogP contribution in [-0.2, 0) is 0 Å². The Morgan fingerprint density at radius 1 is 1.35 bits per heavy atom. The smallest absolute Gasteiger partial charge is 0.149 e. The summed E-state index contributed by atoms with van der Waals surface area (Å²) in [6.07, 6.45) is 1.49. The normalized spacial score (nSPS) is 11.1. The molecule has 5 heteroatoms. The number of aromatic nitrogens is 2. The SMILES string of the molecule is CC(C)c1cc(Cl)c(F)c(-c2cn[nH]c2N)c1. The van der Waals surface area contributed by atoms with Crippen LogP contribution in [0.4, 0.5) is 10.2 Å². The average Bonchev–Trinajstić information content (AvgIpc) is 2.68. The van der Waals surface area contributed by atoms with E-state index in [4.69, 9.17) is 17.3 Å². The summed E-state index contributed by atoms with van der Waals surface area (Å²) in [5.74, 6) is 0.130. The van der Waals surface area contributed by atoms with Crippen molar-refractivity contribution in [2.24, 2.45) is 0 Å². The molecule has 0 aliphatic heterocycles. The van der Waals surface area contributed by atoms with Crippen molar-refractivity contribution < 1.29 is 4.39 Å². The van der Waals surface area contributed by atoms with Crippen LogP contribution in [-0.4, -0.2) is 10.2 Å². The second-order valence-electron chi connectivity index (χ2n) is 4.22. The zero-order valence-corrected chi connectivity index (χ0v) is 10.3. The maximum atomic E-state index is 14.0. The Balaban J connectivity index is 2.65. The fourth-order valence-electron chi connectivity index (χ4n) is 1.65. The Kier molecular flexibility index (Phi) is 3.07. The molecule has 0 saturated heterocycles. The van der Waals surface area contributed by atoms with Crippen molar-refractivity contribution in [1.29, 1.82) is 0 Å².